The van der Waals surface area contributed by atoms with Crippen LogP contribution in [-0.4, -0.2) is 20.1 Å². The predicted molar refractivity (Wildman–Crippen MR) is 81.8 cm³/mol. The molecule has 2 aromatic rings. The highest BCUT2D eigenvalue weighted by Crippen LogP contribution is 2.23. The van der Waals surface area contributed by atoms with Crippen molar-refractivity contribution < 1.29 is 14.3 Å². The van der Waals surface area contributed by atoms with Crippen LogP contribution < -0.4 is 20.5 Å². The molecule has 2 rings (SSSR count). The molecule has 5 heteroatoms. The lowest BCUT2D eigenvalue weighted by atomic mass is 10.1. The van der Waals surface area contributed by atoms with E-state index in [0.29, 0.717) is 29.3 Å². The van der Waals surface area contributed by atoms with Crippen LogP contribution in [0, 0.1) is 0 Å². The summed E-state index contributed by atoms with van der Waals surface area (Å²) in [6.45, 7) is 0.427. The highest BCUT2D eigenvalue weighted by atomic mass is 16.5. The highest BCUT2D eigenvalue weighted by molar-refractivity contribution is 6.04. The van der Waals surface area contributed by atoms with Gasteiger partial charge < -0.3 is 20.5 Å². The Balaban J connectivity index is 2.23. The molecule has 0 aliphatic heterocycles. The average Bonchev–Trinajstić information content (AvgIpc) is 2.54. The first-order chi connectivity index (χ1) is 10.2. The molecule has 5 nitrogen and oxygen atoms in total. The van der Waals surface area contributed by atoms with E-state index in [4.69, 9.17) is 15.2 Å². The van der Waals surface area contributed by atoms with Crippen molar-refractivity contribution in [2.75, 3.05) is 19.5 Å². The van der Waals surface area contributed by atoms with E-state index in [2.05, 4.69) is 5.32 Å². The molecular formula is C16H18N2O3. The lowest BCUT2D eigenvalue weighted by molar-refractivity contribution is 0.102. The summed E-state index contributed by atoms with van der Waals surface area (Å²) in [5.74, 6) is 0.895. The molecule has 0 spiro atoms. The SMILES string of the molecule is COc1cc(OC)cc(C(=O)Nc2cccc(CN)c2)c1. The fourth-order valence-electron chi connectivity index (χ4n) is 1.92. The van der Waals surface area contributed by atoms with Gasteiger partial charge in [0.25, 0.3) is 5.91 Å². The van der Waals surface area contributed by atoms with E-state index in [1.165, 1.54) is 0 Å². The van der Waals surface area contributed by atoms with Crippen LogP contribution in [0.5, 0.6) is 11.5 Å². The molecule has 2 aromatic carbocycles. The summed E-state index contributed by atoms with van der Waals surface area (Å²) in [4.78, 5) is 12.3. The third-order valence-corrected chi connectivity index (χ3v) is 3.03. The molecule has 0 atom stereocenters. The number of carbonyl (C=O) groups is 1. The van der Waals surface area contributed by atoms with Gasteiger partial charge in [-0.15, -0.1) is 0 Å². The van der Waals surface area contributed by atoms with E-state index >= 15 is 0 Å². The smallest absolute Gasteiger partial charge is 0.255 e. The molecule has 0 unspecified atom stereocenters. The summed E-state index contributed by atoms with van der Waals surface area (Å²) in [6.07, 6.45) is 0. The van der Waals surface area contributed by atoms with Crippen molar-refractivity contribution in [2.24, 2.45) is 5.73 Å². The third-order valence-electron chi connectivity index (χ3n) is 3.03. The Bertz CT molecular complexity index is 619. The first-order valence-electron chi connectivity index (χ1n) is 6.49. The van der Waals surface area contributed by atoms with E-state index in [0.717, 1.165) is 5.56 Å². The van der Waals surface area contributed by atoms with Gasteiger partial charge >= 0.3 is 0 Å². The lowest BCUT2D eigenvalue weighted by Crippen LogP contribution is -2.12. The van der Waals surface area contributed by atoms with Crippen LogP contribution >= 0.6 is 0 Å². The molecule has 0 aliphatic rings. The van der Waals surface area contributed by atoms with E-state index in [1.807, 2.05) is 24.3 Å². The summed E-state index contributed by atoms with van der Waals surface area (Å²) in [6, 6.07) is 12.4. The van der Waals surface area contributed by atoms with Crippen LogP contribution in [0.4, 0.5) is 5.69 Å². The van der Waals surface area contributed by atoms with Gasteiger partial charge in [-0.3, -0.25) is 4.79 Å². The van der Waals surface area contributed by atoms with Gasteiger partial charge in [-0.25, -0.2) is 0 Å². The number of hydrogen-bond acceptors (Lipinski definition) is 4. The fraction of sp³-hybridized carbons (Fsp3) is 0.188. The second kappa shape index (κ2) is 6.76. The summed E-state index contributed by atoms with van der Waals surface area (Å²) >= 11 is 0. The van der Waals surface area contributed by atoms with Crippen LogP contribution in [0.15, 0.2) is 42.5 Å². The van der Waals surface area contributed by atoms with Crippen LogP contribution in [0.1, 0.15) is 15.9 Å². The van der Waals surface area contributed by atoms with Gasteiger partial charge in [0, 0.05) is 23.9 Å². The number of rotatable bonds is 5. The Morgan fingerprint density at radius 1 is 1.10 bits per heavy atom. The van der Waals surface area contributed by atoms with Crippen LogP contribution in [0.3, 0.4) is 0 Å². The van der Waals surface area contributed by atoms with Crippen molar-refractivity contribution in [1.82, 2.24) is 0 Å². The van der Waals surface area contributed by atoms with Crippen LogP contribution in [0.25, 0.3) is 0 Å². The minimum absolute atomic E-state index is 0.235. The van der Waals surface area contributed by atoms with E-state index < -0.39 is 0 Å². The monoisotopic (exact) mass is 286 g/mol. The molecule has 0 saturated carbocycles. The van der Waals surface area contributed by atoms with Gasteiger partial charge in [-0.1, -0.05) is 12.1 Å². The number of ether oxygens (including phenoxy) is 2. The zero-order valence-electron chi connectivity index (χ0n) is 12.1. The second-order valence-corrected chi connectivity index (χ2v) is 4.46. The maximum atomic E-state index is 12.3. The number of nitrogens with two attached hydrogens (primary N) is 1. The number of carbonyl (C=O) groups excluding carboxylic acids is 1. The van der Waals surface area contributed by atoms with Gasteiger partial charge in [0.05, 0.1) is 14.2 Å². The zero-order chi connectivity index (χ0) is 15.2. The molecule has 110 valence electrons. The zero-order valence-corrected chi connectivity index (χ0v) is 12.1. The van der Waals surface area contributed by atoms with Crippen molar-refractivity contribution in [3.8, 4) is 11.5 Å². The Kier molecular flexibility index (Phi) is 4.79. The van der Waals surface area contributed by atoms with Crippen LogP contribution in [0.2, 0.25) is 0 Å². The van der Waals surface area contributed by atoms with Gasteiger partial charge in [-0.2, -0.15) is 0 Å². The number of benzene rings is 2. The average molecular weight is 286 g/mol. The highest BCUT2D eigenvalue weighted by Gasteiger charge is 2.10. The van der Waals surface area contributed by atoms with Gasteiger partial charge in [0.1, 0.15) is 11.5 Å². The molecule has 3 N–H and O–H groups in total. The fourth-order valence-corrected chi connectivity index (χ4v) is 1.92. The number of anilines is 1. The number of amides is 1. The Hall–Kier alpha value is -2.53. The summed E-state index contributed by atoms with van der Waals surface area (Å²) in [5.41, 5.74) is 7.71. The number of methoxy groups -OCH3 is 2. The Labute approximate surface area is 123 Å². The van der Waals surface area contributed by atoms with Crippen molar-refractivity contribution >= 4 is 11.6 Å². The van der Waals surface area contributed by atoms with Crippen molar-refractivity contribution in [3.05, 3.63) is 53.6 Å². The van der Waals surface area contributed by atoms with Crippen LogP contribution in [-0.2, 0) is 6.54 Å². The van der Waals surface area contributed by atoms with Crippen molar-refractivity contribution in [1.29, 1.82) is 0 Å². The molecule has 0 radical (unpaired) electrons. The molecule has 0 saturated heterocycles. The standard InChI is InChI=1S/C16H18N2O3/c1-20-14-7-12(8-15(9-14)21-2)16(19)18-13-5-3-4-11(6-13)10-17/h3-9H,10,17H2,1-2H3,(H,18,19). The molecule has 0 aliphatic carbocycles. The maximum absolute atomic E-state index is 12.3. The Morgan fingerprint density at radius 2 is 1.76 bits per heavy atom. The first-order valence-corrected chi connectivity index (χ1v) is 6.49. The van der Waals surface area contributed by atoms with Gasteiger partial charge in [0.15, 0.2) is 0 Å². The van der Waals surface area contributed by atoms with E-state index in [9.17, 15) is 4.79 Å². The molecular weight excluding hydrogens is 268 g/mol. The molecule has 1 amide bonds. The number of hydrogen-bond donors (Lipinski definition) is 2. The third kappa shape index (κ3) is 3.73. The maximum Gasteiger partial charge on any atom is 0.255 e. The molecule has 0 bridgehead atoms. The predicted octanol–water partition coefficient (Wildman–Crippen LogP) is 2.41. The second-order valence-electron chi connectivity index (χ2n) is 4.46. The molecule has 21 heavy (non-hydrogen) atoms. The largest absolute Gasteiger partial charge is 0.497 e. The summed E-state index contributed by atoms with van der Waals surface area (Å²) < 4.78 is 10.3. The summed E-state index contributed by atoms with van der Waals surface area (Å²) in [5, 5.41) is 2.83. The lowest BCUT2D eigenvalue weighted by Gasteiger charge is -2.10. The molecule has 0 aromatic heterocycles. The number of nitrogens with one attached hydrogen (secondary N) is 1. The van der Waals surface area contributed by atoms with Crippen molar-refractivity contribution in [2.45, 2.75) is 6.54 Å². The van der Waals surface area contributed by atoms with E-state index in [1.54, 1.807) is 32.4 Å². The summed E-state index contributed by atoms with van der Waals surface area (Å²) in [7, 11) is 3.09. The molecule has 0 fully saturated rings. The Morgan fingerprint density at radius 3 is 2.33 bits per heavy atom. The first kappa shape index (κ1) is 14.9. The van der Waals surface area contributed by atoms with Crippen molar-refractivity contribution in [3.63, 3.8) is 0 Å². The normalized spacial score (nSPS) is 10.0. The quantitative estimate of drug-likeness (QED) is 0.885. The minimum Gasteiger partial charge on any atom is -0.497 e. The molecule has 0 heterocycles. The minimum atomic E-state index is -0.235. The topological polar surface area (TPSA) is 73.6 Å². The van der Waals surface area contributed by atoms with Gasteiger partial charge in [0.2, 0.25) is 0 Å². The van der Waals surface area contributed by atoms with E-state index in [-0.39, 0.29) is 5.91 Å². The van der Waals surface area contributed by atoms with Gasteiger partial charge in [-0.05, 0) is 29.8 Å².